The normalized spacial score (nSPS) is 11.0. The van der Waals surface area contributed by atoms with Crippen LogP contribution in [0.25, 0.3) is 0 Å². The standard InChI is InChI=1S/C24H21F3N2O4S/c1-32-20-11-10-15(12-21(20)33-2)23(31)28-16-6-5-7-17(13-16)34-14-22(30)29-19-9-4-3-8-18(19)24(25,26)27/h3-13H,14H2,1-2H3,(H,28,31)(H,29,30). The van der Waals surface area contributed by atoms with E-state index in [0.717, 1.165) is 17.8 Å². The Bertz CT molecular complexity index is 1180. The smallest absolute Gasteiger partial charge is 0.418 e. The van der Waals surface area contributed by atoms with Crippen molar-refractivity contribution in [2.75, 3.05) is 30.6 Å². The maximum Gasteiger partial charge on any atom is 0.418 e. The Labute approximate surface area is 198 Å². The largest absolute Gasteiger partial charge is 0.493 e. The number of hydrogen-bond donors (Lipinski definition) is 2. The fourth-order valence-electron chi connectivity index (χ4n) is 3.02. The van der Waals surface area contributed by atoms with Crippen LogP contribution in [0, 0.1) is 0 Å². The third-order valence-corrected chi connectivity index (χ3v) is 5.61. The zero-order chi connectivity index (χ0) is 24.7. The lowest BCUT2D eigenvalue weighted by molar-refractivity contribution is -0.137. The van der Waals surface area contributed by atoms with Crippen LogP contribution in [0.5, 0.6) is 11.5 Å². The Balaban J connectivity index is 1.62. The van der Waals surface area contributed by atoms with Gasteiger partial charge < -0.3 is 20.1 Å². The number of hydrogen-bond acceptors (Lipinski definition) is 5. The van der Waals surface area contributed by atoms with Gasteiger partial charge in [0.25, 0.3) is 5.91 Å². The maximum atomic E-state index is 13.1. The highest BCUT2D eigenvalue weighted by Crippen LogP contribution is 2.34. The van der Waals surface area contributed by atoms with Crippen molar-refractivity contribution in [2.24, 2.45) is 0 Å². The van der Waals surface area contributed by atoms with Gasteiger partial charge in [0.05, 0.1) is 31.2 Å². The second-order valence-corrected chi connectivity index (χ2v) is 7.98. The zero-order valence-corrected chi connectivity index (χ0v) is 19.0. The van der Waals surface area contributed by atoms with Crippen LogP contribution >= 0.6 is 11.8 Å². The van der Waals surface area contributed by atoms with E-state index in [4.69, 9.17) is 9.47 Å². The van der Waals surface area contributed by atoms with E-state index >= 15 is 0 Å². The van der Waals surface area contributed by atoms with E-state index in [1.54, 1.807) is 42.5 Å². The molecule has 0 unspecified atom stereocenters. The van der Waals surface area contributed by atoms with Gasteiger partial charge in [0.15, 0.2) is 11.5 Å². The molecule has 0 saturated carbocycles. The average molecular weight is 491 g/mol. The maximum absolute atomic E-state index is 13.1. The summed E-state index contributed by atoms with van der Waals surface area (Å²) in [5.74, 6) is -0.156. The monoisotopic (exact) mass is 490 g/mol. The highest BCUT2D eigenvalue weighted by atomic mass is 32.2. The van der Waals surface area contributed by atoms with Crippen molar-refractivity contribution in [3.63, 3.8) is 0 Å². The summed E-state index contributed by atoms with van der Waals surface area (Å²) in [6.45, 7) is 0. The van der Waals surface area contributed by atoms with Crippen molar-refractivity contribution in [3.05, 3.63) is 77.9 Å². The molecule has 6 nitrogen and oxygen atoms in total. The Morgan fingerprint density at radius 2 is 1.62 bits per heavy atom. The van der Waals surface area contributed by atoms with E-state index in [0.29, 0.717) is 27.6 Å². The first-order valence-corrected chi connectivity index (χ1v) is 10.9. The number of anilines is 2. The van der Waals surface area contributed by atoms with E-state index in [9.17, 15) is 22.8 Å². The molecule has 0 fully saturated rings. The van der Waals surface area contributed by atoms with Crippen LogP contribution in [0.3, 0.4) is 0 Å². The summed E-state index contributed by atoms with van der Waals surface area (Å²) >= 11 is 1.13. The van der Waals surface area contributed by atoms with Gasteiger partial charge in [-0.1, -0.05) is 18.2 Å². The van der Waals surface area contributed by atoms with Gasteiger partial charge in [0.1, 0.15) is 0 Å². The first-order chi connectivity index (χ1) is 16.2. The van der Waals surface area contributed by atoms with Gasteiger partial charge in [-0.3, -0.25) is 9.59 Å². The minimum atomic E-state index is -4.57. The number of thioether (sulfide) groups is 1. The van der Waals surface area contributed by atoms with Gasteiger partial charge in [-0.05, 0) is 48.5 Å². The van der Waals surface area contributed by atoms with Gasteiger partial charge in [-0.15, -0.1) is 11.8 Å². The topological polar surface area (TPSA) is 76.7 Å². The van der Waals surface area contributed by atoms with E-state index in [2.05, 4.69) is 10.6 Å². The lowest BCUT2D eigenvalue weighted by Gasteiger charge is -2.13. The Kier molecular flexibility index (Phi) is 8.06. The summed E-state index contributed by atoms with van der Waals surface area (Å²) in [4.78, 5) is 25.5. The molecule has 2 amide bonds. The van der Waals surface area contributed by atoms with E-state index < -0.39 is 17.6 Å². The summed E-state index contributed by atoms with van der Waals surface area (Å²) in [5, 5.41) is 5.07. The average Bonchev–Trinajstić information content (AvgIpc) is 2.82. The highest BCUT2D eigenvalue weighted by molar-refractivity contribution is 8.00. The Hall–Kier alpha value is -3.66. The minimum absolute atomic E-state index is 0.112. The van der Waals surface area contributed by atoms with Crippen molar-refractivity contribution < 1.29 is 32.2 Å². The second kappa shape index (κ2) is 11.0. The number of carbonyl (C=O) groups excluding carboxylic acids is 2. The summed E-state index contributed by atoms with van der Waals surface area (Å²) in [7, 11) is 2.97. The van der Waals surface area contributed by atoms with E-state index in [-0.39, 0.29) is 17.3 Å². The van der Waals surface area contributed by atoms with Crippen LogP contribution in [0.4, 0.5) is 24.5 Å². The molecule has 0 aliphatic rings. The summed E-state index contributed by atoms with van der Waals surface area (Å²) in [6.07, 6.45) is -4.57. The molecule has 0 aromatic heterocycles. The molecule has 2 N–H and O–H groups in total. The summed E-state index contributed by atoms with van der Waals surface area (Å²) < 4.78 is 49.7. The minimum Gasteiger partial charge on any atom is -0.493 e. The molecule has 3 aromatic carbocycles. The van der Waals surface area contributed by atoms with Crippen LogP contribution in [-0.4, -0.2) is 31.8 Å². The van der Waals surface area contributed by atoms with Gasteiger partial charge >= 0.3 is 6.18 Å². The van der Waals surface area contributed by atoms with Crippen LogP contribution in [0.2, 0.25) is 0 Å². The third kappa shape index (κ3) is 6.44. The number of halogens is 3. The van der Waals surface area contributed by atoms with Gasteiger partial charge in [-0.25, -0.2) is 0 Å². The molecular formula is C24H21F3N2O4S. The molecule has 3 aromatic rings. The third-order valence-electron chi connectivity index (χ3n) is 4.61. The van der Waals surface area contributed by atoms with Crippen molar-refractivity contribution in [2.45, 2.75) is 11.1 Å². The Morgan fingerprint density at radius 3 is 2.32 bits per heavy atom. The number of rotatable bonds is 8. The van der Waals surface area contributed by atoms with Crippen LogP contribution in [0.15, 0.2) is 71.6 Å². The molecule has 0 aliphatic carbocycles. The zero-order valence-electron chi connectivity index (χ0n) is 18.2. The lowest BCUT2D eigenvalue weighted by atomic mass is 10.1. The van der Waals surface area contributed by atoms with Gasteiger partial charge in [0, 0.05) is 16.1 Å². The molecule has 0 bridgehead atoms. The highest BCUT2D eigenvalue weighted by Gasteiger charge is 2.33. The lowest BCUT2D eigenvalue weighted by Crippen LogP contribution is -2.18. The number of benzene rings is 3. The molecule has 0 saturated heterocycles. The van der Waals surface area contributed by atoms with Crippen molar-refractivity contribution in [1.29, 1.82) is 0 Å². The van der Waals surface area contributed by atoms with E-state index in [1.165, 1.54) is 32.4 Å². The molecule has 34 heavy (non-hydrogen) atoms. The number of alkyl halides is 3. The first-order valence-electron chi connectivity index (χ1n) is 9.93. The number of methoxy groups -OCH3 is 2. The Morgan fingerprint density at radius 1 is 0.882 bits per heavy atom. The molecule has 0 atom stereocenters. The fraction of sp³-hybridized carbons (Fsp3) is 0.167. The number of ether oxygens (including phenoxy) is 2. The second-order valence-electron chi connectivity index (χ2n) is 6.93. The number of amides is 2. The molecule has 3 rings (SSSR count). The fourth-order valence-corrected chi connectivity index (χ4v) is 3.77. The SMILES string of the molecule is COc1ccc(C(=O)Nc2cccc(SCC(=O)Nc3ccccc3C(F)(F)F)c2)cc1OC. The predicted molar refractivity (Wildman–Crippen MR) is 125 cm³/mol. The molecule has 0 spiro atoms. The predicted octanol–water partition coefficient (Wildman–Crippen LogP) is 5.71. The molecule has 0 radical (unpaired) electrons. The quantitative estimate of drug-likeness (QED) is 0.396. The number of para-hydroxylation sites is 1. The van der Waals surface area contributed by atoms with Crippen LogP contribution < -0.4 is 20.1 Å². The van der Waals surface area contributed by atoms with Crippen molar-refractivity contribution >= 4 is 35.0 Å². The van der Waals surface area contributed by atoms with E-state index in [1.807, 2.05) is 0 Å². The summed E-state index contributed by atoms with van der Waals surface area (Å²) in [6, 6.07) is 16.3. The van der Waals surface area contributed by atoms with Crippen LogP contribution in [-0.2, 0) is 11.0 Å². The number of nitrogens with one attached hydrogen (secondary N) is 2. The first kappa shape index (κ1) is 25.0. The molecule has 10 heteroatoms. The number of carbonyl (C=O) groups is 2. The van der Waals surface area contributed by atoms with Gasteiger partial charge in [0.2, 0.25) is 5.91 Å². The molecular weight excluding hydrogens is 469 g/mol. The van der Waals surface area contributed by atoms with Crippen molar-refractivity contribution in [1.82, 2.24) is 0 Å². The van der Waals surface area contributed by atoms with Crippen LogP contribution in [0.1, 0.15) is 15.9 Å². The molecule has 178 valence electrons. The molecule has 0 heterocycles. The van der Waals surface area contributed by atoms with Crippen molar-refractivity contribution in [3.8, 4) is 11.5 Å². The summed E-state index contributed by atoms with van der Waals surface area (Å²) in [5.41, 5.74) is -0.351. The van der Waals surface area contributed by atoms with Gasteiger partial charge in [-0.2, -0.15) is 13.2 Å². The molecule has 0 aliphatic heterocycles.